The topological polar surface area (TPSA) is 91.1 Å². The number of hydrogen-bond donors (Lipinski definition) is 4. The van der Waals surface area contributed by atoms with Crippen LogP contribution in [0.1, 0.15) is 35.0 Å². The quantitative estimate of drug-likeness (QED) is 0.456. The Morgan fingerprint density at radius 1 is 1.28 bits per heavy atom. The van der Waals surface area contributed by atoms with Gasteiger partial charge < -0.3 is 25.7 Å². The van der Waals surface area contributed by atoms with E-state index in [0.717, 1.165) is 29.9 Å². The van der Waals surface area contributed by atoms with Crippen LogP contribution in [0.5, 0.6) is 5.75 Å². The number of halogens is 1. The van der Waals surface area contributed by atoms with Gasteiger partial charge in [0.2, 0.25) is 0 Å². The molecule has 3 aromatic rings. The second-order valence-corrected chi connectivity index (χ2v) is 8.10. The number of nitrogens with one attached hydrogen (secondary N) is 4. The van der Waals surface area contributed by atoms with Gasteiger partial charge in [0, 0.05) is 47.7 Å². The molecule has 0 spiro atoms. The highest BCUT2D eigenvalue weighted by Crippen LogP contribution is 2.41. The zero-order chi connectivity index (χ0) is 22.1. The van der Waals surface area contributed by atoms with E-state index in [2.05, 4.69) is 25.9 Å². The van der Waals surface area contributed by atoms with Crippen LogP contribution in [0.25, 0.3) is 11.3 Å². The van der Waals surface area contributed by atoms with Crippen molar-refractivity contribution in [2.24, 2.45) is 0 Å². The van der Waals surface area contributed by atoms with E-state index in [4.69, 9.17) is 4.74 Å². The number of H-pyrrole nitrogens is 1. The number of fused-ring (bicyclic) bond motifs is 1. The lowest BCUT2D eigenvalue weighted by atomic mass is 10.0. The number of benzene rings is 1. The first-order valence-electron chi connectivity index (χ1n) is 11.0. The van der Waals surface area contributed by atoms with Gasteiger partial charge in [-0.15, -0.1) is 0 Å². The molecule has 0 unspecified atom stereocenters. The second-order valence-electron chi connectivity index (χ2n) is 8.10. The first kappa shape index (κ1) is 20.5. The Hall–Kier alpha value is -3.39. The Kier molecular flexibility index (Phi) is 5.53. The molecule has 4 N–H and O–H groups in total. The average Bonchev–Trinajstić information content (AvgIpc) is 3.12. The molecule has 5 rings (SSSR count). The zero-order valence-corrected chi connectivity index (χ0v) is 17.9. The highest BCUT2D eigenvalue weighted by atomic mass is 19.1. The minimum atomic E-state index is -0.270. The number of carbonyl (C=O) groups is 1. The molecule has 8 heteroatoms. The Morgan fingerprint density at radius 2 is 2.16 bits per heavy atom. The Morgan fingerprint density at radius 3 is 2.94 bits per heavy atom. The van der Waals surface area contributed by atoms with Crippen LogP contribution < -0.4 is 20.7 Å². The highest BCUT2D eigenvalue weighted by molar-refractivity contribution is 6.06. The van der Waals surface area contributed by atoms with E-state index in [-0.39, 0.29) is 11.7 Å². The first-order chi connectivity index (χ1) is 15.7. The normalized spacial score (nSPS) is 17.3. The molecular formula is C24H26FN5O2. The molecule has 2 aliphatic heterocycles. The summed E-state index contributed by atoms with van der Waals surface area (Å²) in [5.74, 6) is 0.216. The average molecular weight is 436 g/mol. The van der Waals surface area contributed by atoms with Gasteiger partial charge in [0.1, 0.15) is 18.2 Å². The van der Waals surface area contributed by atoms with Crippen molar-refractivity contribution in [3.63, 3.8) is 0 Å². The predicted octanol–water partition coefficient (Wildman–Crippen LogP) is 3.55. The van der Waals surface area contributed by atoms with Gasteiger partial charge in [0.15, 0.2) is 0 Å². The lowest BCUT2D eigenvalue weighted by molar-refractivity contribution is 0.0947. The van der Waals surface area contributed by atoms with Gasteiger partial charge in [0.25, 0.3) is 5.91 Å². The summed E-state index contributed by atoms with van der Waals surface area (Å²) in [5, 5.41) is 9.61. The van der Waals surface area contributed by atoms with Crippen molar-refractivity contribution in [3.8, 4) is 17.0 Å². The molecular weight excluding hydrogens is 409 g/mol. The van der Waals surface area contributed by atoms with Gasteiger partial charge in [-0.1, -0.05) is 13.0 Å². The van der Waals surface area contributed by atoms with Crippen molar-refractivity contribution >= 4 is 17.3 Å². The van der Waals surface area contributed by atoms with E-state index in [0.29, 0.717) is 60.3 Å². The minimum Gasteiger partial charge on any atom is -0.490 e. The minimum absolute atomic E-state index is 0.152. The number of pyridine rings is 1. The molecule has 2 aromatic heterocycles. The summed E-state index contributed by atoms with van der Waals surface area (Å²) in [7, 11) is 0. The molecule has 166 valence electrons. The maximum atomic E-state index is 14.4. The molecule has 0 saturated carbocycles. The number of anilines is 2. The molecule has 1 saturated heterocycles. The lowest BCUT2D eigenvalue weighted by Crippen LogP contribution is -2.46. The number of nitrogens with zero attached hydrogens (tertiary/aromatic N) is 1. The third-order valence-electron chi connectivity index (χ3n) is 6.12. The SMILES string of the molecule is CCc1c(F)cccc1Nc1c(-c2ccncc2OC[C@H]2CCN2)[nH]c2c1C(=O)NCC2. The number of aromatic nitrogens is 2. The van der Waals surface area contributed by atoms with Gasteiger partial charge in [-0.25, -0.2) is 4.39 Å². The molecule has 2 aliphatic rings. The Bertz CT molecular complexity index is 1160. The largest absolute Gasteiger partial charge is 0.490 e. The van der Waals surface area contributed by atoms with E-state index < -0.39 is 0 Å². The van der Waals surface area contributed by atoms with Crippen molar-refractivity contribution in [1.29, 1.82) is 0 Å². The highest BCUT2D eigenvalue weighted by Gasteiger charge is 2.29. The van der Waals surface area contributed by atoms with Crippen LogP contribution in [-0.2, 0) is 12.8 Å². The smallest absolute Gasteiger partial charge is 0.255 e. The van der Waals surface area contributed by atoms with Crippen molar-refractivity contribution in [1.82, 2.24) is 20.6 Å². The fraction of sp³-hybridized carbons (Fsp3) is 0.333. The molecule has 1 fully saturated rings. The van der Waals surface area contributed by atoms with Crippen LogP contribution in [-0.4, -0.2) is 41.6 Å². The number of amides is 1. The first-order valence-corrected chi connectivity index (χ1v) is 11.0. The molecule has 32 heavy (non-hydrogen) atoms. The number of ether oxygens (including phenoxy) is 1. The molecule has 0 bridgehead atoms. The van der Waals surface area contributed by atoms with Gasteiger partial charge in [-0.3, -0.25) is 9.78 Å². The van der Waals surface area contributed by atoms with Gasteiger partial charge in [-0.2, -0.15) is 0 Å². The summed E-state index contributed by atoms with van der Waals surface area (Å²) in [4.78, 5) is 20.5. The van der Waals surface area contributed by atoms with Crippen molar-refractivity contribution in [2.45, 2.75) is 32.2 Å². The summed E-state index contributed by atoms with van der Waals surface area (Å²) in [5.41, 5.74) is 4.78. The molecule has 1 atom stereocenters. The maximum absolute atomic E-state index is 14.4. The number of aromatic amines is 1. The van der Waals surface area contributed by atoms with Crippen molar-refractivity contribution in [2.75, 3.05) is 25.0 Å². The summed E-state index contributed by atoms with van der Waals surface area (Å²) >= 11 is 0. The third kappa shape index (κ3) is 3.71. The number of carbonyl (C=O) groups excluding carboxylic acids is 1. The van der Waals surface area contributed by atoms with Gasteiger partial charge in [0.05, 0.1) is 23.1 Å². The molecule has 0 radical (unpaired) electrons. The van der Waals surface area contributed by atoms with Crippen LogP contribution in [0, 0.1) is 5.82 Å². The predicted molar refractivity (Wildman–Crippen MR) is 121 cm³/mol. The van der Waals surface area contributed by atoms with Crippen LogP contribution in [0.4, 0.5) is 15.8 Å². The molecule has 7 nitrogen and oxygen atoms in total. The van der Waals surface area contributed by atoms with E-state index in [1.54, 1.807) is 18.5 Å². The summed E-state index contributed by atoms with van der Waals surface area (Å²) < 4.78 is 20.5. The van der Waals surface area contributed by atoms with Crippen LogP contribution >= 0.6 is 0 Å². The van der Waals surface area contributed by atoms with E-state index in [9.17, 15) is 9.18 Å². The maximum Gasteiger partial charge on any atom is 0.255 e. The summed E-state index contributed by atoms with van der Waals surface area (Å²) in [6.45, 7) is 4.03. The summed E-state index contributed by atoms with van der Waals surface area (Å²) in [6, 6.07) is 7.16. The summed E-state index contributed by atoms with van der Waals surface area (Å²) in [6.07, 6.45) is 5.69. The van der Waals surface area contributed by atoms with Crippen LogP contribution in [0.3, 0.4) is 0 Å². The Labute approximate surface area is 185 Å². The Balaban J connectivity index is 1.60. The molecule has 1 aromatic carbocycles. The van der Waals surface area contributed by atoms with E-state index in [1.165, 1.54) is 6.07 Å². The monoisotopic (exact) mass is 435 g/mol. The van der Waals surface area contributed by atoms with E-state index >= 15 is 0 Å². The lowest BCUT2D eigenvalue weighted by Gasteiger charge is -2.27. The fourth-order valence-electron chi connectivity index (χ4n) is 4.26. The van der Waals surface area contributed by atoms with Gasteiger partial charge in [-0.05, 0) is 37.6 Å². The zero-order valence-electron chi connectivity index (χ0n) is 17.9. The van der Waals surface area contributed by atoms with Crippen molar-refractivity contribution in [3.05, 3.63) is 59.3 Å². The van der Waals surface area contributed by atoms with E-state index in [1.807, 2.05) is 19.1 Å². The molecule has 0 aliphatic carbocycles. The number of hydrogen-bond acceptors (Lipinski definition) is 5. The molecule has 1 amide bonds. The third-order valence-corrected chi connectivity index (χ3v) is 6.12. The standard InChI is InChI=1S/C24H26FN5O2/c1-2-15-17(25)4-3-5-18(15)29-23-21-19(8-11-28-24(21)31)30-22(23)16-7-9-26-12-20(16)32-13-14-6-10-27-14/h3-5,7,9,12,14,27,29-30H,2,6,8,10-11,13H2,1H3,(H,28,31)/t14-/m1/s1. The molecule has 4 heterocycles. The van der Waals surface area contributed by atoms with Gasteiger partial charge >= 0.3 is 0 Å². The fourth-order valence-corrected chi connectivity index (χ4v) is 4.26. The van der Waals surface area contributed by atoms with Crippen LogP contribution in [0.15, 0.2) is 36.7 Å². The second kappa shape index (κ2) is 8.63. The van der Waals surface area contributed by atoms with Crippen LogP contribution in [0.2, 0.25) is 0 Å². The number of rotatable bonds is 7. The van der Waals surface area contributed by atoms with Crippen molar-refractivity contribution < 1.29 is 13.9 Å².